The van der Waals surface area contributed by atoms with E-state index in [9.17, 15) is 9.90 Å². The Balaban J connectivity index is 1.83. The van der Waals surface area contributed by atoms with E-state index >= 15 is 0 Å². The highest BCUT2D eigenvalue weighted by Gasteiger charge is 2.30. The summed E-state index contributed by atoms with van der Waals surface area (Å²) in [5.74, 6) is 1.25. The summed E-state index contributed by atoms with van der Waals surface area (Å²) in [4.78, 5) is 11.8. The van der Waals surface area contributed by atoms with E-state index in [2.05, 4.69) is 0 Å². The molecule has 3 rings (SSSR count). The zero-order valence-electron chi connectivity index (χ0n) is 10.1. The Bertz CT molecular complexity index is 469. The van der Waals surface area contributed by atoms with E-state index in [0.29, 0.717) is 17.9 Å². The number of aliphatic hydroxyl groups is 1. The molecular weight excluding hydrogens is 232 g/mol. The Morgan fingerprint density at radius 2 is 2.06 bits per heavy atom. The molecule has 1 aromatic carbocycles. The number of fused-ring (bicyclic) bond motifs is 1. The van der Waals surface area contributed by atoms with E-state index in [-0.39, 0.29) is 18.5 Å². The third-order valence-corrected chi connectivity index (χ3v) is 3.72. The number of carbonyl (C=O) groups excluding carboxylic acids is 1. The number of aliphatic hydroxyl groups excluding tert-OH is 1. The molecule has 4 heteroatoms. The molecule has 4 nitrogen and oxygen atoms in total. The fraction of sp³-hybridized carbons (Fsp3) is 0.500. The Labute approximate surface area is 106 Å². The molecule has 0 spiro atoms. The molecule has 1 fully saturated rings. The van der Waals surface area contributed by atoms with Crippen LogP contribution in [0.15, 0.2) is 18.2 Å². The van der Waals surface area contributed by atoms with Gasteiger partial charge >= 0.3 is 0 Å². The Hall–Kier alpha value is -1.55. The molecule has 0 saturated heterocycles. The molecule has 1 N–H and O–H groups in total. The normalized spacial score (nSPS) is 24.1. The molecule has 0 bridgehead atoms. The summed E-state index contributed by atoms with van der Waals surface area (Å²) in [6.45, 7) is 0.219. The first-order valence-corrected chi connectivity index (χ1v) is 6.36. The standard InChI is InChI=1S/C14H16O4/c15-11-4-2-1-3-10(11)14(16)9-5-6-12-13(7-9)18-8-17-12/h5-7,10,14,16H,1-4,8H2/t10-,14+/m1/s1. The van der Waals surface area contributed by atoms with Gasteiger partial charge in [-0.3, -0.25) is 4.79 Å². The highest BCUT2D eigenvalue weighted by Crippen LogP contribution is 2.38. The maximum atomic E-state index is 11.8. The molecule has 2 aliphatic rings. The van der Waals surface area contributed by atoms with Crippen LogP contribution in [-0.4, -0.2) is 17.7 Å². The van der Waals surface area contributed by atoms with Gasteiger partial charge in [0.05, 0.1) is 6.10 Å². The highest BCUT2D eigenvalue weighted by molar-refractivity contribution is 5.82. The molecule has 96 valence electrons. The van der Waals surface area contributed by atoms with Crippen LogP contribution in [-0.2, 0) is 4.79 Å². The van der Waals surface area contributed by atoms with Gasteiger partial charge < -0.3 is 14.6 Å². The topological polar surface area (TPSA) is 55.8 Å². The maximum absolute atomic E-state index is 11.8. The number of ketones is 1. The largest absolute Gasteiger partial charge is 0.454 e. The average Bonchev–Trinajstić information content (AvgIpc) is 2.85. The molecule has 0 aromatic heterocycles. The second-order valence-corrected chi connectivity index (χ2v) is 4.88. The molecular formula is C14H16O4. The number of hydrogen-bond donors (Lipinski definition) is 1. The fourth-order valence-corrected chi connectivity index (χ4v) is 2.67. The molecule has 18 heavy (non-hydrogen) atoms. The van der Waals surface area contributed by atoms with Crippen molar-refractivity contribution in [2.75, 3.05) is 6.79 Å². The number of Topliss-reactive ketones (excluding diaryl/α,β-unsaturated/α-hetero) is 1. The Morgan fingerprint density at radius 1 is 1.22 bits per heavy atom. The minimum absolute atomic E-state index is 0.173. The molecule has 1 heterocycles. The zero-order valence-corrected chi connectivity index (χ0v) is 10.1. The fourth-order valence-electron chi connectivity index (χ4n) is 2.67. The number of carbonyl (C=O) groups is 1. The average molecular weight is 248 g/mol. The number of benzene rings is 1. The van der Waals surface area contributed by atoms with E-state index in [1.165, 1.54) is 0 Å². The molecule has 0 radical (unpaired) electrons. The van der Waals surface area contributed by atoms with E-state index in [0.717, 1.165) is 24.8 Å². The van der Waals surface area contributed by atoms with Crippen LogP contribution >= 0.6 is 0 Å². The Morgan fingerprint density at radius 3 is 2.89 bits per heavy atom. The van der Waals surface area contributed by atoms with E-state index in [1.54, 1.807) is 18.2 Å². The van der Waals surface area contributed by atoms with E-state index in [4.69, 9.17) is 9.47 Å². The molecule has 0 unspecified atom stereocenters. The first kappa shape index (κ1) is 11.5. The smallest absolute Gasteiger partial charge is 0.231 e. The van der Waals surface area contributed by atoms with Gasteiger partial charge in [0.25, 0.3) is 0 Å². The lowest BCUT2D eigenvalue weighted by Gasteiger charge is -2.25. The van der Waals surface area contributed by atoms with Gasteiger partial charge in [-0.05, 0) is 30.5 Å². The van der Waals surface area contributed by atoms with Crippen molar-refractivity contribution in [1.82, 2.24) is 0 Å². The summed E-state index contributed by atoms with van der Waals surface area (Å²) in [6.07, 6.45) is 2.59. The second-order valence-electron chi connectivity index (χ2n) is 4.88. The lowest BCUT2D eigenvalue weighted by atomic mass is 9.81. The van der Waals surface area contributed by atoms with Gasteiger partial charge in [-0.15, -0.1) is 0 Å². The zero-order chi connectivity index (χ0) is 12.5. The number of hydrogen-bond acceptors (Lipinski definition) is 4. The third-order valence-electron chi connectivity index (χ3n) is 3.72. The third kappa shape index (κ3) is 1.97. The quantitative estimate of drug-likeness (QED) is 0.871. The first-order chi connectivity index (χ1) is 8.75. The molecule has 1 aliphatic carbocycles. The molecule has 1 aliphatic heterocycles. The molecule has 1 saturated carbocycles. The van der Waals surface area contributed by atoms with E-state index < -0.39 is 6.10 Å². The first-order valence-electron chi connectivity index (χ1n) is 6.36. The minimum atomic E-state index is -0.729. The summed E-state index contributed by atoms with van der Waals surface area (Å²) < 4.78 is 10.5. The maximum Gasteiger partial charge on any atom is 0.231 e. The van der Waals surface area contributed by atoms with Gasteiger partial charge in [-0.2, -0.15) is 0 Å². The minimum Gasteiger partial charge on any atom is -0.454 e. The summed E-state index contributed by atoms with van der Waals surface area (Å²) in [7, 11) is 0. The summed E-state index contributed by atoms with van der Waals surface area (Å²) in [5, 5.41) is 10.3. The van der Waals surface area contributed by atoms with Crippen LogP contribution in [0.1, 0.15) is 37.4 Å². The Kier molecular flexibility index (Phi) is 2.96. The molecule has 2 atom stereocenters. The van der Waals surface area contributed by atoms with Crippen LogP contribution < -0.4 is 9.47 Å². The van der Waals surface area contributed by atoms with Crippen LogP contribution in [0.25, 0.3) is 0 Å². The van der Waals surface area contributed by atoms with Crippen LogP contribution in [0, 0.1) is 5.92 Å². The van der Waals surface area contributed by atoms with Crippen LogP contribution in [0.5, 0.6) is 11.5 Å². The van der Waals surface area contributed by atoms with Crippen LogP contribution in [0.4, 0.5) is 0 Å². The number of ether oxygens (including phenoxy) is 2. The predicted octanol–water partition coefficient (Wildman–Crippen LogP) is 2.21. The molecule has 0 amide bonds. The lowest BCUT2D eigenvalue weighted by molar-refractivity contribution is -0.128. The summed E-state index contributed by atoms with van der Waals surface area (Å²) >= 11 is 0. The van der Waals surface area contributed by atoms with E-state index in [1.807, 2.05) is 0 Å². The SMILES string of the molecule is O=C1CCCC[C@H]1[C@@H](O)c1ccc2c(c1)OCO2. The van der Waals surface area contributed by atoms with Crippen LogP contribution in [0.3, 0.4) is 0 Å². The van der Waals surface area contributed by atoms with Gasteiger partial charge in [-0.1, -0.05) is 12.5 Å². The van der Waals surface area contributed by atoms with Gasteiger partial charge in [-0.25, -0.2) is 0 Å². The van der Waals surface area contributed by atoms with Gasteiger partial charge in [0.1, 0.15) is 5.78 Å². The lowest BCUT2D eigenvalue weighted by Crippen LogP contribution is -2.25. The van der Waals surface area contributed by atoms with Crippen molar-refractivity contribution < 1.29 is 19.4 Å². The van der Waals surface area contributed by atoms with Crippen molar-refractivity contribution in [2.24, 2.45) is 5.92 Å². The molecule has 1 aromatic rings. The van der Waals surface area contributed by atoms with Gasteiger partial charge in [0.15, 0.2) is 11.5 Å². The van der Waals surface area contributed by atoms with Crippen molar-refractivity contribution in [1.29, 1.82) is 0 Å². The number of rotatable bonds is 2. The van der Waals surface area contributed by atoms with Gasteiger partial charge in [0, 0.05) is 12.3 Å². The van der Waals surface area contributed by atoms with Crippen molar-refractivity contribution in [3.8, 4) is 11.5 Å². The highest BCUT2D eigenvalue weighted by atomic mass is 16.7. The van der Waals surface area contributed by atoms with Crippen LogP contribution in [0.2, 0.25) is 0 Å². The predicted molar refractivity (Wildman–Crippen MR) is 64.5 cm³/mol. The monoisotopic (exact) mass is 248 g/mol. The van der Waals surface area contributed by atoms with Gasteiger partial charge in [0.2, 0.25) is 6.79 Å². The van der Waals surface area contributed by atoms with Crippen molar-refractivity contribution >= 4 is 5.78 Å². The van der Waals surface area contributed by atoms with Crippen molar-refractivity contribution in [3.63, 3.8) is 0 Å². The van der Waals surface area contributed by atoms with Crippen molar-refractivity contribution in [2.45, 2.75) is 31.8 Å². The second kappa shape index (κ2) is 4.61. The summed E-state index contributed by atoms with van der Waals surface area (Å²) in [5.41, 5.74) is 0.736. The van der Waals surface area contributed by atoms with Crippen molar-refractivity contribution in [3.05, 3.63) is 23.8 Å². The summed E-state index contributed by atoms with van der Waals surface area (Å²) in [6, 6.07) is 5.36.